The lowest BCUT2D eigenvalue weighted by Gasteiger charge is -2.12. The monoisotopic (exact) mass is 317 g/mol. The van der Waals surface area contributed by atoms with Gasteiger partial charge in [0.2, 0.25) is 0 Å². The van der Waals surface area contributed by atoms with Crippen molar-refractivity contribution >= 4 is 37.6 Å². The zero-order chi connectivity index (χ0) is 13.6. The highest BCUT2D eigenvalue weighted by Gasteiger charge is 2.11. The zero-order valence-electron chi connectivity index (χ0n) is 10.6. The highest BCUT2D eigenvalue weighted by molar-refractivity contribution is 9.10. The summed E-state index contributed by atoms with van der Waals surface area (Å²) < 4.78 is 2.30. The van der Waals surface area contributed by atoms with E-state index in [1.54, 1.807) is 0 Å². The third-order valence-electron chi connectivity index (χ3n) is 3.24. The minimum atomic E-state index is -0.136. The van der Waals surface area contributed by atoms with Gasteiger partial charge in [-0.2, -0.15) is 0 Å². The Bertz CT molecular complexity index is 852. The highest BCUT2D eigenvalue weighted by atomic mass is 79.9. The van der Waals surface area contributed by atoms with E-state index in [0.717, 1.165) is 26.3 Å². The van der Waals surface area contributed by atoms with Crippen LogP contribution in [-0.4, -0.2) is 11.8 Å². The lowest BCUT2D eigenvalue weighted by atomic mass is 10.1. The number of pyridine rings is 1. The summed E-state index contributed by atoms with van der Waals surface area (Å²) in [5, 5.41) is 2.59. The first-order chi connectivity index (χ1) is 9.11. The first-order valence-electron chi connectivity index (χ1n) is 5.91. The topological polar surface area (TPSA) is 31.2 Å². The van der Waals surface area contributed by atoms with Crippen LogP contribution >= 0.6 is 15.9 Å². The van der Waals surface area contributed by atoms with Gasteiger partial charge < -0.3 is 4.84 Å². The molecule has 96 valence electrons. The van der Waals surface area contributed by atoms with E-state index < -0.39 is 0 Å². The van der Waals surface area contributed by atoms with Gasteiger partial charge in [0, 0.05) is 9.86 Å². The van der Waals surface area contributed by atoms with E-state index in [-0.39, 0.29) is 5.56 Å². The van der Waals surface area contributed by atoms with Gasteiger partial charge in [0.05, 0.1) is 10.9 Å². The van der Waals surface area contributed by atoms with Crippen molar-refractivity contribution in [2.75, 3.05) is 7.11 Å². The van der Waals surface area contributed by atoms with Gasteiger partial charge in [-0.3, -0.25) is 4.79 Å². The summed E-state index contributed by atoms with van der Waals surface area (Å²) >= 11 is 3.45. The van der Waals surface area contributed by atoms with Crippen molar-refractivity contribution in [3.63, 3.8) is 0 Å². The third kappa shape index (κ3) is 1.83. The van der Waals surface area contributed by atoms with Crippen molar-refractivity contribution in [2.24, 2.45) is 0 Å². The van der Waals surface area contributed by atoms with Crippen LogP contribution in [0.25, 0.3) is 21.7 Å². The molecule has 0 saturated heterocycles. The fourth-order valence-corrected chi connectivity index (χ4v) is 2.72. The Morgan fingerprint density at radius 2 is 1.79 bits per heavy atom. The van der Waals surface area contributed by atoms with Crippen molar-refractivity contribution in [1.82, 2.24) is 4.73 Å². The maximum atomic E-state index is 12.4. The van der Waals surface area contributed by atoms with E-state index in [0.29, 0.717) is 5.39 Å². The lowest BCUT2D eigenvalue weighted by Crippen LogP contribution is -2.25. The Morgan fingerprint density at radius 3 is 2.53 bits per heavy atom. The number of rotatable bonds is 1. The molecule has 0 bridgehead atoms. The minimum Gasteiger partial charge on any atom is -0.413 e. The van der Waals surface area contributed by atoms with E-state index in [4.69, 9.17) is 4.84 Å². The molecule has 3 aromatic rings. The molecule has 3 rings (SSSR count). The van der Waals surface area contributed by atoms with Gasteiger partial charge in [-0.1, -0.05) is 28.1 Å². The fraction of sp³-hybridized carbons (Fsp3) is 0.133. The summed E-state index contributed by atoms with van der Waals surface area (Å²) in [6.07, 6.45) is 0. The van der Waals surface area contributed by atoms with Crippen LogP contribution in [-0.2, 0) is 0 Å². The summed E-state index contributed by atoms with van der Waals surface area (Å²) in [6, 6.07) is 11.7. The molecule has 19 heavy (non-hydrogen) atoms. The zero-order valence-corrected chi connectivity index (χ0v) is 12.2. The van der Waals surface area contributed by atoms with Gasteiger partial charge >= 0.3 is 0 Å². The standard InChI is InChI=1S/C15H12BrNO2/c1-9-3-5-11-13-8-10(16)4-6-12(13)15(18)17(19-2)14(11)7-9/h3-8H,1-2H3. The molecule has 0 fully saturated rings. The van der Waals surface area contributed by atoms with Crippen molar-refractivity contribution in [3.05, 3.63) is 56.8 Å². The normalized spacial score (nSPS) is 11.1. The SMILES string of the molecule is COn1c(=O)c2ccc(Br)cc2c2ccc(C)cc21. The van der Waals surface area contributed by atoms with Crippen LogP contribution in [0.15, 0.2) is 45.7 Å². The van der Waals surface area contributed by atoms with Crippen molar-refractivity contribution in [2.45, 2.75) is 6.92 Å². The molecule has 1 heterocycles. The Morgan fingerprint density at radius 1 is 1.05 bits per heavy atom. The maximum Gasteiger partial charge on any atom is 0.291 e. The van der Waals surface area contributed by atoms with E-state index in [1.807, 2.05) is 43.3 Å². The molecular weight excluding hydrogens is 306 g/mol. The summed E-state index contributed by atoms with van der Waals surface area (Å²) in [7, 11) is 1.51. The van der Waals surface area contributed by atoms with Crippen LogP contribution < -0.4 is 10.4 Å². The Kier molecular flexibility index (Phi) is 2.82. The summed E-state index contributed by atoms with van der Waals surface area (Å²) in [5.74, 6) is 0. The number of hydrogen-bond donors (Lipinski definition) is 0. The number of halogens is 1. The van der Waals surface area contributed by atoms with Gasteiger partial charge in [0.25, 0.3) is 5.56 Å². The second kappa shape index (κ2) is 4.38. The molecule has 0 N–H and O–H groups in total. The summed E-state index contributed by atoms with van der Waals surface area (Å²) in [5.41, 5.74) is 1.74. The van der Waals surface area contributed by atoms with Gasteiger partial charge in [-0.05, 0) is 42.1 Å². The van der Waals surface area contributed by atoms with E-state index >= 15 is 0 Å². The molecule has 0 atom stereocenters. The highest BCUT2D eigenvalue weighted by Crippen LogP contribution is 2.26. The van der Waals surface area contributed by atoms with Crippen molar-refractivity contribution < 1.29 is 4.84 Å². The van der Waals surface area contributed by atoms with Crippen LogP contribution in [0.3, 0.4) is 0 Å². The van der Waals surface area contributed by atoms with E-state index in [1.165, 1.54) is 11.8 Å². The van der Waals surface area contributed by atoms with Crippen LogP contribution in [0, 0.1) is 6.92 Å². The molecule has 0 aliphatic carbocycles. The third-order valence-corrected chi connectivity index (χ3v) is 3.73. The Balaban J connectivity index is 2.65. The van der Waals surface area contributed by atoms with Crippen LogP contribution in [0.1, 0.15) is 5.56 Å². The second-order valence-electron chi connectivity index (χ2n) is 4.49. The quantitative estimate of drug-likeness (QED) is 0.645. The van der Waals surface area contributed by atoms with Crippen LogP contribution in [0.4, 0.5) is 0 Å². The fourth-order valence-electron chi connectivity index (χ4n) is 2.36. The van der Waals surface area contributed by atoms with Crippen LogP contribution in [0.5, 0.6) is 0 Å². The molecule has 0 aliphatic rings. The van der Waals surface area contributed by atoms with E-state index in [2.05, 4.69) is 15.9 Å². The smallest absolute Gasteiger partial charge is 0.291 e. The lowest BCUT2D eigenvalue weighted by molar-refractivity contribution is 0.170. The minimum absolute atomic E-state index is 0.136. The molecule has 4 heteroatoms. The van der Waals surface area contributed by atoms with Gasteiger partial charge in [0.1, 0.15) is 7.11 Å². The van der Waals surface area contributed by atoms with Gasteiger partial charge in [0.15, 0.2) is 0 Å². The molecule has 3 nitrogen and oxygen atoms in total. The summed E-state index contributed by atoms with van der Waals surface area (Å²) in [6.45, 7) is 2.00. The van der Waals surface area contributed by atoms with Crippen molar-refractivity contribution in [3.8, 4) is 0 Å². The summed E-state index contributed by atoms with van der Waals surface area (Å²) in [4.78, 5) is 17.7. The molecule has 0 amide bonds. The molecule has 1 aromatic heterocycles. The molecule has 0 aliphatic heterocycles. The Hall–Kier alpha value is -1.81. The maximum absolute atomic E-state index is 12.4. The largest absolute Gasteiger partial charge is 0.413 e. The number of aromatic nitrogens is 1. The Labute approximate surface area is 118 Å². The number of fused-ring (bicyclic) bond motifs is 3. The first-order valence-corrected chi connectivity index (χ1v) is 6.70. The average Bonchev–Trinajstić information content (AvgIpc) is 2.39. The van der Waals surface area contributed by atoms with Crippen LogP contribution in [0.2, 0.25) is 0 Å². The van der Waals surface area contributed by atoms with Gasteiger partial charge in [-0.25, -0.2) is 0 Å². The number of nitrogens with zero attached hydrogens (tertiary/aromatic N) is 1. The molecule has 0 unspecified atom stereocenters. The average molecular weight is 318 g/mol. The molecule has 2 aromatic carbocycles. The second-order valence-corrected chi connectivity index (χ2v) is 5.41. The predicted octanol–water partition coefficient (Wildman–Crippen LogP) is 3.28. The predicted molar refractivity (Wildman–Crippen MR) is 80.7 cm³/mol. The van der Waals surface area contributed by atoms with E-state index in [9.17, 15) is 4.79 Å². The number of aryl methyl sites for hydroxylation is 1. The number of hydrogen-bond acceptors (Lipinski definition) is 2. The van der Waals surface area contributed by atoms with Gasteiger partial charge in [-0.15, -0.1) is 4.73 Å². The molecular formula is C15H12BrNO2. The first kappa shape index (κ1) is 12.2. The molecule has 0 saturated carbocycles. The van der Waals surface area contributed by atoms with Crippen molar-refractivity contribution in [1.29, 1.82) is 0 Å². The number of benzene rings is 2. The molecule has 0 radical (unpaired) electrons. The molecule has 0 spiro atoms.